The number of nitrogens with two attached hydrogens (primary N) is 1. The van der Waals surface area contributed by atoms with Crippen molar-refractivity contribution in [3.05, 3.63) is 48.3 Å². The van der Waals surface area contributed by atoms with Crippen LogP contribution in [0.15, 0.2) is 42.5 Å². The van der Waals surface area contributed by atoms with Crippen LogP contribution in [0, 0.1) is 5.82 Å². The number of hydrogen-bond donors (Lipinski definition) is 1. The average molecular weight is 277 g/mol. The number of anilines is 1. The van der Waals surface area contributed by atoms with E-state index in [0.717, 1.165) is 0 Å². The molecular formula is C15H16FNO3. The smallest absolute Gasteiger partial charge is 0.142 e. The first-order valence-corrected chi connectivity index (χ1v) is 6.14. The minimum atomic E-state index is -0.292. The van der Waals surface area contributed by atoms with Gasteiger partial charge in [0.05, 0.1) is 12.8 Å². The molecule has 2 aromatic rings. The third kappa shape index (κ3) is 3.78. The lowest BCUT2D eigenvalue weighted by Gasteiger charge is -2.11. The highest BCUT2D eigenvalue weighted by atomic mass is 19.1. The van der Waals surface area contributed by atoms with Crippen LogP contribution < -0.4 is 19.9 Å². The quantitative estimate of drug-likeness (QED) is 0.651. The van der Waals surface area contributed by atoms with Gasteiger partial charge in [0.1, 0.15) is 36.3 Å². The number of nitrogen functional groups attached to an aromatic ring is 1. The zero-order valence-corrected chi connectivity index (χ0v) is 11.1. The fourth-order valence-corrected chi connectivity index (χ4v) is 1.63. The summed E-state index contributed by atoms with van der Waals surface area (Å²) in [6.45, 7) is 0.686. The summed E-state index contributed by atoms with van der Waals surface area (Å²) in [6.07, 6.45) is 0. The van der Waals surface area contributed by atoms with Crippen LogP contribution in [0.2, 0.25) is 0 Å². The van der Waals surface area contributed by atoms with Gasteiger partial charge in [0.25, 0.3) is 0 Å². The fourth-order valence-electron chi connectivity index (χ4n) is 1.63. The van der Waals surface area contributed by atoms with Gasteiger partial charge in [-0.2, -0.15) is 0 Å². The zero-order valence-electron chi connectivity index (χ0n) is 11.1. The highest BCUT2D eigenvalue weighted by Crippen LogP contribution is 2.26. The predicted octanol–water partition coefficient (Wildman–Crippen LogP) is 2.87. The van der Waals surface area contributed by atoms with Crippen molar-refractivity contribution in [2.75, 3.05) is 26.1 Å². The van der Waals surface area contributed by atoms with Crippen molar-refractivity contribution in [3.8, 4) is 17.2 Å². The molecule has 0 bridgehead atoms. The van der Waals surface area contributed by atoms with Crippen molar-refractivity contribution in [1.82, 2.24) is 0 Å². The van der Waals surface area contributed by atoms with Crippen LogP contribution in [-0.2, 0) is 0 Å². The zero-order chi connectivity index (χ0) is 14.4. The molecule has 0 aliphatic rings. The Labute approximate surface area is 116 Å². The van der Waals surface area contributed by atoms with Crippen LogP contribution in [0.25, 0.3) is 0 Å². The van der Waals surface area contributed by atoms with Crippen LogP contribution in [0.4, 0.5) is 10.1 Å². The van der Waals surface area contributed by atoms with Crippen molar-refractivity contribution >= 4 is 5.69 Å². The first-order valence-electron chi connectivity index (χ1n) is 6.14. The molecule has 20 heavy (non-hydrogen) atoms. The molecule has 0 saturated heterocycles. The highest BCUT2D eigenvalue weighted by molar-refractivity contribution is 5.56. The molecule has 106 valence electrons. The van der Waals surface area contributed by atoms with Crippen molar-refractivity contribution in [2.24, 2.45) is 0 Å². The molecule has 2 aromatic carbocycles. The lowest BCUT2D eigenvalue weighted by atomic mass is 10.3. The first kappa shape index (κ1) is 14.0. The van der Waals surface area contributed by atoms with Gasteiger partial charge in [-0.3, -0.25) is 0 Å². The van der Waals surface area contributed by atoms with E-state index in [2.05, 4.69) is 0 Å². The molecule has 5 heteroatoms. The SMILES string of the molecule is COc1ccc(OCCOc2ccc(F)cc2)c(N)c1. The van der Waals surface area contributed by atoms with Crippen LogP contribution in [-0.4, -0.2) is 20.3 Å². The third-order valence-corrected chi connectivity index (χ3v) is 2.64. The second-order valence-electron chi connectivity index (χ2n) is 4.05. The number of halogens is 1. The topological polar surface area (TPSA) is 53.7 Å². The Morgan fingerprint density at radius 3 is 2.25 bits per heavy atom. The second-order valence-corrected chi connectivity index (χ2v) is 4.05. The van der Waals surface area contributed by atoms with Gasteiger partial charge in [-0.25, -0.2) is 4.39 Å². The van der Waals surface area contributed by atoms with E-state index >= 15 is 0 Å². The van der Waals surface area contributed by atoms with E-state index in [4.69, 9.17) is 19.9 Å². The van der Waals surface area contributed by atoms with E-state index in [0.29, 0.717) is 36.1 Å². The summed E-state index contributed by atoms with van der Waals surface area (Å²) in [4.78, 5) is 0. The Hall–Kier alpha value is -2.43. The molecule has 2 rings (SSSR count). The number of methoxy groups -OCH3 is 1. The number of ether oxygens (including phenoxy) is 3. The maximum atomic E-state index is 12.7. The van der Waals surface area contributed by atoms with Crippen molar-refractivity contribution < 1.29 is 18.6 Å². The number of benzene rings is 2. The van der Waals surface area contributed by atoms with Gasteiger partial charge in [-0.1, -0.05) is 0 Å². The van der Waals surface area contributed by atoms with E-state index in [1.54, 1.807) is 37.4 Å². The Morgan fingerprint density at radius 2 is 1.60 bits per heavy atom. The van der Waals surface area contributed by atoms with E-state index in [9.17, 15) is 4.39 Å². The molecule has 0 aromatic heterocycles. The Kier molecular flexibility index (Phi) is 4.65. The number of hydrogen-bond acceptors (Lipinski definition) is 4. The number of rotatable bonds is 6. The lowest BCUT2D eigenvalue weighted by molar-refractivity contribution is 0.217. The summed E-state index contributed by atoms with van der Waals surface area (Å²) in [5.41, 5.74) is 6.33. The van der Waals surface area contributed by atoms with Crippen LogP contribution in [0.1, 0.15) is 0 Å². The molecule has 0 saturated carbocycles. The van der Waals surface area contributed by atoms with Gasteiger partial charge in [-0.05, 0) is 36.4 Å². The van der Waals surface area contributed by atoms with Crippen LogP contribution in [0.5, 0.6) is 17.2 Å². The summed E-state index contributed by atoms with van der Waals surface area (Å²) >= 11 is 0. The summed E-state index contributed by atoms with van der Waals surface area (Å²) < 4.78 is 28.7. The highest BCUT2D eigenvalue weighted by Gasteiger charge is 2.02. The molecule has 2 N–H and O–H groups in total. The predicted molar refractivity (Wildman–Crippen MR) is 74.8 cm³/mol. The molecule has 0 spiro atoms. The van der Waals surface area contributed by atoms with Crippen LogP contribution >= 0.6 is 0 Å². The minimum Gasteiger partial charge on any atom is -0.497 e. The first-order chi connectivity index (χ1) is 9.69. The van der Waals surface area contributed by atoms with Gasteiger partial charge in [0.15, 0.2) is 0 Å². The summed E-state index contributed by atoms with van der Waals surface area (Å²) in [7, 11) is 1.58. The maximum absolute atomic E-state index is 12.7. The van der Waals surface area contributed by atoms with E-state index in [1.165, 1.54) is 12.1 Å². The van der Waals surface area contributed by atoms with Gasteiger partial charge in [-0.15, -0.1) is 0 Å². The summed E-state index contributed by atoms with van der Waals surface area (Å²) in [5.74, 6) is 1.56. The van der Waals surface area contributed by atoms with Gasteiger partial charge in [0, 0.05) is 6.07 Å². The van der Waals surface area contributed by atoms with Crippen LogP contribution in [0.3, 0.4) is 0 Å². The second kappa shape index (κ2) is 6.65. The monoisotopic (exact) mass is 277 g/mol. The van der Waals surface area contributed by atoms with Gasteiger partial charge in [0.2, 0.25) is 0 Å². The summed E-state index contributed by atoms with van der Waals surface area (Å²) in [5, 5.41) is 0. The minimum absolute atomic E-state index is 0.292. The standard InChI is InChI=1S/C15H16FNO3/c1-18-13-6-7-15(14(17)10-13)20-9-8-19-12-4-2-11(16)3-5-12/h2-7,10H,8-9,17H2,1H3. The van der Waals surface area contributed by atoms with E-state index in [-0.39, 0.29) is 5.82 Å². The molecule has 0 aliphatic carbocycles. The molecule has 0 heterocycles. The Bertz CT molecular complexity index is 558. The van der Waals surface area contributed by atoms with Gasteiger partial charge >= 0.3 is 0 Å². The largest absolute Gasteiger partial charge is 0.497 e. The lowest BCUT2D eigenvalue weighted by Crippen LogP contribution is -2.10. The van der Waals surface area contributed by atoms with E-state index < -0.39 is 0 Å². The molecule has 0 amide bonds. The molecule has 0 fully saturated rings. The Morgan fingerprint density at radius 1 is 0.950 bits per heavy atom. The van der Waals surface area contributed by atoms with Crippen molar-refractivity contribution in [2.45, 2.75) is 0 Å². The van der Waals surface area contributed by atoms with Crippen molar-refractivity contribution in [1.29, 1.82) is 0 Å². The fraction of sp³-hybridized carbons (Fsp3) is 0.200. The maximum Gasteiger partial charge on any atom is 0.142 e. The normalized spacial score (nSPS) is 10.1. The molecule has 0 radical (unpaired) electrons. The Balaban J connectivity index is 1.79. The summed E-state index contributed by atoms with van der Waals surface area (Å²) in [6, 6.07) is 11.0. The molecule has 4 nitrogen and oxygen atoms in total. The third-order valence-electron chi connectivity index (χ3n) is 2.64. The van der Waals surface area contributed by atoms with Gasteiger partial charge < -0.3 is 19.9 Å². The average Bonchev–Trinajstić information content (AvgIpc) is 2.46. The molecular weight excluding hydrogens is 261 g/mol. The molecule has 0 unspecified atom stereocenters. The van der Waals surface area contributed by atoms with E-state index in [1.807, 2.05) is 0 Å². The molecule has 0 atom stereocenters. The van der Waals surface area contributed by atoms with Crippen molar-refractivity contribution in [3.63, 3.8) is 0 Å². The molecule has 0 aliphatic heterocycles.